The van der Waals surface area contributed by atoms with Crippen molar-refractivity contribution in [2.24, 2.45) is 5.92 Å². The standard InChI is InChI=1S/C13H20N2O2/c1-8(2)9(3)15-11-7-5-6-10(12(11)14)13(16)17-4/h5-9,15H,14H2,1-4H3. The summed E-state index contributed by atoms with van der Waals surface area (Å²) in [7, 11) is 1.35. The summed E-state index contributed by atoms with van der Waals surface area (Å²) < 4.78 is 4.68. The van der Waals surface area contributed by atoms with Gasteiger partial charge < -0.3 is 15.8 Å². The molecule has 0 aromatic heterocycles. The fraction of sp³-hybridized carbons (Fsp3) is 0.462. The third-order valence-electron chi connectivity index (χ3n) is 2.89. The van der Waals surface area contributed by atoms with Gasteiger partial charge >= 0.3 is 5.97 Å². The quantitative estimate of drug-likeness (QED) is 0.622. The number of carbonyl (C=O) groups is 1. The van der Waals surface area contributed by atoms with Crippen LogP contribution in [0.5, 0.6) is 0 Å². The lowest BCUT2D eigenvalue weighted by Crippen LogP contribution is -2.22. The summed E-state index contributed by atoms with van der Waals surface area (Å²) in [6.07, 6.45) is 0. The molecule has 1 atom stereocenters. The average molecular weight is 236 g/mol. The molecule has 4 nitrogen and oxygen atoms in total. The number of methoxy groups -OCH3 is 1. The van der Waals surface area contributed by atoms with Crippen LogP contribution < -0.4 is 11.1 Å². The molecule has 0 fully saturated rings. The van der Waals surface area contributed by atoms with Crippen LogP contribution in [0, 0.1) is 5.92 Å². The smallest absolute Gasteiger partial charge is 0.340 e. The molecule has 0 aliphatic heterocycles. The second-order valence-corrected chi connectivity index (χ2v) is 4.44. The van der Waals surface area contributed by atoms with Crippen molar-refractivity contribution in [2.75, 3.05) is 18.2 Å². The fourth-order valence-electron chi connectivity index (χ4n) is 1.39. The lowest BCUT2D eigenvalue weighted by molar-refractivity contribution is 0.0602. The van der Waals surface area contributed by atoms with Gasteiger partial charge in [-0.05, 0) is 25.0 Å². The van der Waals surface area contributed by atoms with Gasteiger partial charge in [0.2, 0.25) is 0 Å². The zero-order chi connectivity index (χ0) is 13.0. The topological polar surface area (TPSA) is 64.3 Å². The van der Waals surface area contributed by atoms with E-state index in [-0.39, 0.29) is 6.04 Å². The summed E-state index contributed by atoms with van der Waals surface area (Å²) >= 11 is 0. The first-order valence-electron chi connectivity index (χ1n) is 5.70. The number of hydrogen-bond acceptors (Lipinski definition) is 4. The molecule has 4 heteroatoms. The number of benzene rings is 1. The molecule has 3 N–H and O–H groups in total. The van der Waals surface area contributed by atoms with Gasteiger partial charge in [-0.3, -0.25) is 0 Å². The molecule has 0 saturated heterocycles. The van der Waals surface area contributed by atoms with E-state index in [0.717, 1.165) is 5.69 Å². The predicted octanol–water partition coefficient (Wildman–Crippen LogP) is 2.51. The van der Waals surface area contributed by atoms with Gasteiger partial charge in [-0.2, -0.15) is 0 Å². The molecule has 0 aliphatic carbocycles. The van der Waals surface area contributed by atoms with Crippen molar-refractivity contribution >= 4 is 17.3 Å². The van der Waals surface area contributed by atoms with Crippen LogP contribution in [-0.2, 0) is 4.74 Å². The lowest BCUT2D eigenvalue weighted by Gasteiger charge is -2.20. The van der Waals surface area contributed by atoms with E-state index in [2.05, 4.69) is 30.8 Å². The van der Waals surface area contributed by atoms with Crippen molar-refractivity contribution in [1.29, 1.82) is 0 Å². The van der Waals surface area contributed by atoms with E-state index in [4.69, 9.17) is 5.73 Å². The molecule has 1 unspecified atom stereocenters. The molecule has 17 heavy (non-hydrogen) atoms. The van der Waals surface area contributed by atoms with Gasteiger partial charge in [-0.1, -0.05) is 19.9 Å². The number of nitrogens with two attached hydrogens (primary N) is 1. The second-order valence-electron chi connectivity index (χ2n) is 4.44. The van der Waals surface area contributed by atoms with Crippen molar-refractivity contribution in [1.82, 2.24) is 0 Å². The number of anilines is 2. The van der Waals surface area contributed by atoms with Gasteiger partial charge in [-0.15, -0.1) is 0 Å². The number of rotatable bonds is 4. The molecule has 0 heterocycles. The maximum Gasteiger partial charge on any atom is 0.340 e. The molecule has 0 radical (unpaired) electrons. The van der Waals surface area contributed by atoms with Gasteiger partial charge in [0.15, 0.2) is 0 Å². The second kappa shape index (κ2) is 5.57. The average Bonchev–Trinajstić information content (AvgIpc) is 2.30. The summed E-state index contributed by atoms with van der Waals surface area (Å²) in [5, 5.41) is 3.30. The normalized spacial score (nSPS) is 12.3. The van der Waals surface area contributed by atoms with Crippen molar-refractivity contribution in [2.45, 2.75) is 26.8 Å². The van der Waals surface area contributed by atoms with E-state index in [9.17, 15) is 4.79 Å². The van der Waals surface area contributed by atoms with Gasteiger partial charge in [0.25, 0.3) is 0 Å². The number of nitrogen functional groups attached to an aromatic ring is 1. The van der Waals surface area contributed by atoms with Crippen molar-refractivity contribution < 1.29 is 9.53 Å². The highest BCUT2D eigenvalue weighted by atomic mass is 16.5. The van der Waals surface area contributed by atoms with Gasteiger partial charge in [0, 0.05) is 6.04 Å². The van der Waals surface area contributed by atoms with E-state index in [1.807, 2.05) is 6.07 Å². The van der Waals surface area contributed by atoms with Crippen LogP contribution in [0.25, 0.3) is 0 Å². The third kappa shape index (κ3) is 3.12. The van der Waals surface area contributed by atoms with Crippen LogP contribution in [0.4, 0.5) is 11.4 Å². The Kier molecular flexibility index (Phi) is 4.37. The number of nitrogens with one attached hydrogen (secondary N) is 1. The highest BCUT2D eigenvalue weighted by Gasteiger charge is 2.14. The van der Waals surface area contributed by atoms with Crippen LogP contribution in [0.2, 0.25) is 0 Å². The Bertz CT molecular complexity index is 402. The molecule has 0 bridgehead atoms. The summed E-state index contributed by atoms with van der Waals surface area (Å²) in [6, 6.07) is 5.59. The van der Waals surface area contributed by atoms with Crippen LogP contribution in [0.15, 0.2) is 18.2 Å². The van der Waals surface area contributed by atoms with Crippen LogP contribution in [0.3, 0.4) is 0 Å². The molecule has 94 valence electrons. The molecular formula is C13H20N2O2. The minimum absolute atomic E-state index is 0.283. The Morgan fingerprint density at radius 3 is 2.53 bits per heavy atom. The van der Waals surface area contributed by atoms with E-state index < -0.39 is 5.97 Å². The Morgan fingerprint density at radius 1 is 1.35 bits per heavy atom. The summed E-state index contributed by atoms with van der Waals surface area (Å²) in [6.45, 7) is 6.32. The van der Waals surface area contributed by atoms with Crippen LogP contribution in [-0.4, -0.2) is 19.1 Å². The Labute approximate surface area is 102 Å². The maximum absolute atomic E-state index is 11.5. The van der Waals surface area contributed by atoms with Gasteiger partial charge in [0.05, 0.1) is 24.0 Å². The first kappa shape index (κ1) is 13.4. The Morgan fingerprint density at radius 2 is 2.00 bits per heavy atom. The monoisotopic (exact) mass is 236 g/mol. The van der Waals surface area contributed by atoms with E-state index in [1.165, 1.54) is 7.11 Å². The first-order valence-corrected chi connectivity index (χ1v) is 5.70. The zero-order valence-corrected chi connectivity index (χ0v) is 10.8. The lowest BCUT2D eigenvalue weighted by atomic mass is 10.1. The fourth-order valence-corrected chi connectivity index (χ4v) is 1.39. The van der Waals surface area contributed by atoms with E-state index in [0.29, 0.717) is 17.2 Å². The number of carbonyl (C=O) groups excluding carboxylic acids is 1. The van der Waals surface area contributed by atoms with Crippen molar-refractivity contribution in [3.05, 3.63) is 23.8 Å². The number of hydrogen-bond donors (Lipinski definition) is 2. The molecule has 0 saturated carbocycles. The van der Waals surface area contributed by atoms with Gasteiger partial charge in [0.1, 0.15) is 0 Å². The van der Waals surface area contributed by atoms with Crippen molar-refractivity contribution in [3.8, 4) is 0 Å². The first-order chi connectivity index (χ1) is 7.97. The van der Waals surface area contributed by atoms with Crippen LogP contribution in [0.1, 0.15) is 31.1 Å². The highest BCUT2D eigenvalue weighted by Crippen LogP contribution is 2.25. The Balaban J connectivity index is 2.98. The molecule has 1 rings (SSSR count). The molecule has 1 aromatic carbocycles. The maximum atomic E-state index is 11.5. The predicted molar refractivity (Wildman–Crippen MR) is 70.1 cm³/mol. The molecule has 0 spiro atoms. The zero-order valence-electron chi connectivity index (χ0n) is 10.8. The van der Waals surface area contributed by atoms with Crippen molar-refractivity contribution in [3.63, 3.8) is 0 Å². The van der Waals surface area contributed by atoms with Crippen LogP contribution >= 0.6 is 0 Å². The number of esters is 1. The summed E-state index contributed by atoms with van der Waals surface area (Å²) in [5.74, 6) is 0.0690. The Hall–Kier alpha value is -1.71. The molecular weight excluding hydrogens is 216 g/mol. The van der Waals surface area contributed by atoms with Gasteiger partial charge in [-0.25, -0.2) is 4.79 Å². The summed E-state index contributed by atoms with van der Waals surface area (Å²) in [5.41, 5.74) is 7.55. The molecule has 0 amide bonds. The van der Waals surface area contributed by atoms with E-state index in [1.54, 1.807) is 12.1 Å². The minimum atomic E-state index is -0.414. The largest absolute Gasteiger partial charge is 0.465 e. The number of para-hydroxylation sites is 1. The summed E-state index contributed by atoms with van der Waals surface area (Å²) in [4.78, 5) is 11.5. The highest BCUT2D eigenvalue weighted by molar-refractivity contribution is 5.98. The molecule has 1 aromatic rings. The third-order valence-corrected chi connectivity index (χ3v) is 2.89. The van der Waals surface area contributed by atoms with E-state index >= 15 is 0 Å². The SMILES string of the molecule is COC(=O)c1cccc(NC(C)C(C)C)c1N. The number of ether oxygens (including phenoxy) is 1. The minimum Gasteiger partial charge on any atom is -0.465 e. The molecule has 0 aliphatic rings.